The van der Waals surface area contributed by atoms with Gasteiger partial charge in [-0.25, -0.2) is 4.98 Å². The minimum Gasteiger partial charge on any atom is -0.481 e. The van der Waals surface area contributed by atoms with Gasteiger partial charge in [-0.05, 0) is 42.7 Å². The molecule has 1 heterocycles. The zero-order valence-electron chi connectivity index (χ0n) is 12.7. The van der Waals surface area contributed by atoms with Gasteiger partial charge in [-0.3, -0.25) is 0 Å². The molecule has 0 spiro atoms. The molecule has 0 amide bonds. The number of ether oxygens (including phenoxy) is 1. The topological polar surface area (TPSA) is 68.4 Å². The van der Waals surface area contributed by atoms with Crippen LogP contribution >= 0.6 is 0 Å². The molecule has 0 saturated heterocycles. The number of methoxy groups -OCH3 is 1. The van der Waals surface area contributed by atoms with Gasteiger partial charge in [0.25, 0.3) is 0 Å². The number of hydrogen-bond donors (Lipinski definition) is 2. The molecule has 1 fully saturated rings. The van der Waals surface area contributed by atoms with E-state index in [9.17, 15) is 5.11 Å². The van der Waals surface area contributed by atoms with E-state index in [0.717, 1.165) is 31.2 Å². The van der Waals surface area contributed by atoms with Gasteiger partial charge >= 0.3 is 0 Å². The van der Waals surface area contributed by atoms with Crippen molar-refractivity contribution >= 4 is 0 Å². The number of aliphatic hydroxyl groups excluding tert-OH is 1. The van der Waals surface area contributed by atoms with Gasteiger partial charge in [0.1, 0.15) is 0 Å². The van der Waals surface area contributed by atoms with Gasteiger partial charge in [0, 0.05) is 24.2 Å². The normalized spacial score (nSPS) is 22.2. The molecule has 0 aliphatic heterocycles. The second-order valence-electron chi connectivity index (χ2n) is 6.77. The molecule has 1 unspecified atom stereocenters. The van der Waals surface area contributed by atoms with Crippen LogP contribution in [0.4, 0.5) is 0 Å². The molecule has 4 nitrogen and oxygen atoms in total. The van der Waals surface area contributed by atoms with E-state index in [1.54, 1.807) is 19.4 Å². The number of pyridine rings is 1. The van der Waals surface area contributed by atoms with Gasteiger partial charge < -0.3 is 15.6 Å². The standard InChI is InChI=1S/C16H26N2O2/c1-15(2)6-8-16(11-17,9-7-15)14(19)12-4-5-13(20-3)18-10-12/h4-5,10,14,19H,6-9,11,17H2,1-3H3. The fourth-order valence-electron chi connectivity index (χ4n) is 3.04. The van der Waals surface area contributed by atoms with Gasteiger partial charge in [-0.2, -0.15) is 0 Å². The molecular weight excluding hydrogens is 252 g/mol. The monoisotopic (exact) mass is 278 g/mol. The highest BCUT2D eigenvalue weighted by Gasteiger charge is 2.43. The lowest BCUT2D eigenvalue weighted by Gasteiger charge is -2.45. The molecule has 1 aliphatic rings. The van der Waals surface area contributed by atoms with Crippen LogP contribution in [-0.2, 0) is 0 Å². The Hall–Kier alpha value is -1.13. The predicted molar refractivity (Wildman–Crippen MR) is 79.5 cm³/mol. The Balaban J connectivity index is 2.18. The molecule has 0 radical (unpaired) electrons. The Bertz CT molecular complexity index is 432. The number of hydrogen-bond acceptors (Lipinski definition) is 4. The number of rotatable bonds is 4. The lowest BCUT2D eigenvalue weighted by atomic mass is 9.62. The van der Waals surface area contributed by atoms with E-state index in [1.165, 1.54) is 0 Å². The lowest BCUT2D eigenvalue weighted by molar-refractivity contribution is -0.0237. The molecule has 1 aromatic heterocycles. The summed E-state index contributed by atoms with van der Waals surface area (Å²) in [5.41, 5.74) is 6.99. The fraction of sp³-hybridized carbons (Fsp3) is 0.688. The number of nitrogens with zero attached hydrogens (tertiary/aromatic N) is 1. The summed E-state index contributed by atoms with van der Waals surface area (Å²) in [6.07, 6.45) is 5.27. The molecule has 1 saturated carbocycles. The summed E-state index contributed by atoms with van der Waals surface area (Å²) in [5.74, 6) is 0.563. The summed E-state index contributed by atoms with van der Waals surface area (Å²) >= 11 is 0. The molecule has 4 heteroatoms. The summed E-state index contributed by atoms with van der Waals surface area (Å²) in [6, 6.07) is 3.67. The van der Waals surface area contributed by atoms with Crippen LogP contribution in [-0.4, -0.2) is 23.7 Å². The largest absolute Gasteiger partial charge is 0.481 e. The van der Waals surface area contributed by atoms with Gasteiger partial charge in [-0.1, -0.05) is 13.8 Å². The van der Waals surface area contributed by atoms with Crippen molar-refractivity contribution in [3.8, 4) is 5.88 Å². The maximum atomic E-state index is 10.8. The second-order valence-corrected chi connectivity index (χ2v) is 6.77. The molecule has 1 aromatic rings. The van der Waals surface area contributed by atoms with Crippen molar-refractivity contribution in [3.63, 3.8) is 0 Å². The first-order chi connectivity index (χ1) is 9.42. The van der Waals surface area contributed by atoms with Crippen LogP contribution < -0.4 is 10.5 Å². The van der Waals surface area contributed by atoms with E-state index in [4.69, 9.17) is 10.5 Å². The van der Waals surface area contributed by atoms with Crippen molar-refractivity contribution in [2.24, 2.45) is 16.6 Å². The lowest BCUT2D eigenvalue weighted by Crippen LogP contribution is -2.41. The summed E-state index contributed by atoms with van der Waals surface area (Å²) in [5, 5.41) is 10.8. The number of aromatic nitrogens is 1. The van der Waals surface area contributed by atoms with E-state index in [-0.39, 0.29) is 5.41 Å². The first-order valence-corrected chi connectivity index (χ1v) is 7.31. The summed E-state index contributed by atoms with van der Waals surface area (Å²) in [6.45, 7) is 5.08. The zero-order chi connectivity index (χ0) is 14.8. The summed E-state index contributed by atoms with van der Waals surface area (Å²) in [4.78, 5) is 4.18. The number of nitrogens with two attached hydrogens (primary N) is 1. The third-order valence-corrected chi connectivity index (χ3v) is 4.87. The molecular formula is C16H26N2O2. The van der Waals surface area contributed by atoms with Crippen LogP contribution in [0.2, 0.25) is 0 Å². The predicted octanol–water partition coefficient (Wildman–Crippen LogP) is 2.67. The molecule has 20 heavy (non-hydrogen) atoms. The molecule has 112 valence electrons. The second kappa shape index (κ2) is 5.70. The molecule has 1 aliphatic carbocycles. The van der Waals surface area contributed by atoms with Crippen LogP contribution in [0.5, 0.6) is 5.88 Å². The van der Waals surface area contributed by atoms with E-state index in [0.29, 0.717) is 17.8 Å². The Morgan fingerprint density at radius 3 is 2.40 bits per heavy atom. The number of aliphatic hydroxyl groups is 1. The SMILES string of the molecule is COc1ccc(C(O)C2(CN)CCC(C)(C)CC2)cn1. The van der Waals surface area contributed by atoms with E-state index >= 15 is 0 Å². The molecule has 0 bridgehead atoms. The van der Waals surface area contributed by atoms with E-state index in [1.807, 2.05) is 6.07 Å². The van der Waals surface area contributed by atoms with Crippen molar-refractivity contribution in [2.75, 3.05) is 13.7 Å². The molecule has 0 aromatic carbocycles. The average Bonchev–Trinajstić information content (AvgIpc) is 2.47. The third kappa shape index (κ3) is 2.96. The van der Waals surface area contributed by atoms with Crippen LogP contribution in [0.1, 0.15) is 51.2 Å². The maximum Gasteiger partial charge on any atom is 0.212 e. The van der Waals surface area contributed by atoms with Crippen molar-refractivity contribution in [1.82, 2.24) is 4.98 Å². The Labute approximate surface area is 121 Å². The maximum absolute atomic E-state index is 10.8. The van der Waals surface area contributed by atoms with Crippen molar-refractivity contribution in [3.05, 3.63) is 23.9 Å². The van der Waals surface area contributed by atoms with Crippen molar-refractivity contribution < 1.29 is 9.84 Å². The average molecular weight is 278 g/mol. The third-order valence-electron chi connectivity index (χ3n) is 4.87. The molecule has 1 atom stereocenters. The fourth-order valence-corrected chi connectivity index (χ4v) is 3.04. The summed E-state index contributed by atoms with van der Waals surface area (Å²) in [7, 11) is 1.59. The molecule has 3 N–H and O–H groups in total. The Morgan fingerprint density at radius 2 is 1.95 bits per heavy atom. The molecule has 2 rings (SSSR count). The van der Waals surface area contributed by atoms with Crippen LogP contribution in [0.15, 0.2) is 18.3 Å². The first kappa shape index (κ1) is 15.3. The van der Waals surface area contributed by atoms with Crippen LogP contribution in [0.25, 0.3) is 0 Å². The smallest absolute Gasteiger partial charge is 0.212 e. The van der Waals surface area contributed by atoms with Gasteiger partial charge in [0.05, 0.1) is 13.2 Å². The van der Waals surface area contributed by atoms with Gasteiger partial charge in [-0.15, -0.1) is 0 Å². The first-order valence-electron chi connectivity index (χ1n) is 7.31. The van der Waals surface area contributed by atoms with E-state index < -0.39 is 6.10 Å². The van der Waals surface area contributed by atoms with Crippen LogP contribution in [0, 0.1) is 10.8 Å². The minimum atomic E-state index is -0.554. The van der Waals surface area contributed by atoms with E-state index in [2.05, 4.69) is 18.8 Å². The van der Waals surface area contributed by atoms with Crippen LogP contribution in [0.3, 0.4) is 0 Å². The van der Waals surface area contributed by atoms with Gasteiger partial charge in [0.15, 0.2) is 0 Å². The van der Waals surface area contributed by atoms with Crippen molar-refractivity contribution in [1.29, 1.82) is 0 Å². The van der Waals surface area contributed by atoms with Gasteiger partial charge in [0.2, 0.25) is 5.88 Å². The van der Waals surface area contributed by atoms with Crippen molar-refractivity contribution in [2.45, 2.75) is 45.6 Å². The zero-order valence-corrected chi connectivity index (χ0v) is 12.7. The highest BCUT2D eigenvalue weighted by molar-refractivity contribution is 5.22. The summed E-state index contributed by atoms with van der Waals surface area (Å²) < 4.78 is 5.06. The highest BCUT2D eigenvalue weighted by Crippen LogP contribution is 2.50. The highest BCUT2D eigenvalue weighted by atomic mass is 16.5. The Morgan fingerprint density at radius 1 is 1.30 bits per heavy atom. The Kier molecular flexibility index (Phi) is 4.35. The quantitative estimate of drug-likeness (QED) is 0.888. The minimum absolute atomic E-state index is 0.216.